The second-order valence-electron chi connectivity index (χ2n) is 3.96. The van der Waals surface area contributed by atoms with Gasteiger partial charge in [-0.2, -0.15) is 5.10 Å². The van der Waals surface area contributed by atoms with Gasteiger partial charge in [0.05, 0.1) is 0 Å². The minimum atomic E-state index is 0.609. The van der Waals surface area contributed by atoms with E-state index in [0.29, 0.717) is 11.7 Å². The second-order valence-corrected chi connectivity index (χ2v) is 3.96. The minimum Gasteiger partial charge on any atom is -0.382 e. The summed E-state index contributed by atoms with van der Waals surface area (Å²) in [7, 11) is 0. The van der Waals surface area contributed by atoms with Gasteiger partial charge in [0.1, 0.15) is 5.82 Å². The molecule has 3 N–H and O–H groups in total. The van der Waals surface area contributed by atoms with Crippen molar-refractivity contribution in [3.05, 3.63) is 11.8 Å². The van der Waals surface area contributed by atoms with Gasteiger partial charge in [-0.25, -0.2) is 0 Å². The van der Waals surface area contributed by atoms with E-state index in [1.54, 1.807) is 0 Å². The van der Waals surface area contributed by atoms with Crippen LogP contribution in [0.2, 0.25) is 0 Å². The molecule has 0 saturated carbocycles. The summed E-state index contributed by atoms with van der Waals surface area (Å²) >= 11 is 0. The fourth-order valence-electron chi connectivity index (χ4n) is 2.12. The average molecular weight is 194 g/mol. The Morgan fingerprint density at radius 2 is 2.29 bits per heavy atom. The Morgan fingerprint density at radius 1 is 1.57 bits per heavy atom. The number of hydrogen-bond acceptors (Lipinski definition) is 3. The summed E-state index contributed by atoms with van der Waals surface area (Å²) < 4.78 is 0. The van der Waals surface area contributed by atoms with Crippen LogP contribution in [0.4, 0.5) is 5.82 Å². The monoisotopic (exact) mass is 194 g/mol. The zero-order chi connectivity index (χ0) is 9.97. The van der Waals surface area contributed by atoms with E-state index in [1.807, 2.05) is 6.07 Å². The number of nitrogens with one attached hydrogen (secondary N) is 1. The van der Waals surface area contributed by atoms with Crippen molar-refractivity contribution in [1.82, 2.24) is 15.1 Å². The van der Waals surface area contributed by atoms with Crippen LogP contribution in [0, 0.1) is 0 Å². The van der Waals surface area contributed by atoms with E-state index in [4.69, 9.17) is 5.73 Å². The zero-order valence-electron chi connectivity index (χ0n) is 8.66. The number of aromatic amines is 1. The van der Waals surface area contributed by atoms with Crippen molar-refractivity contribution >= 4 is 5.82 Å². The van der Waals surface area contributed by atoms with Crippen molar-refractivity contribution in [3.63, 3.8) is 0 Å². The van der Waals surface area contributed by atoms with Crippen molar-refractivity contribution in [2.24, 2.45) is 0 Å². The lowest BCUT2D eigenvalue weighted by molar-refractivity contribution is 0.221. The maximum atomic E-state index is 5.59. The van der Waals surface area contributed by atoms with E-state index in [2.05, 4.69) is 22.0 Å². The summed E-state index contributed by atoms with van der Waals surface area (Å²) in [6, 6.07) is 1.96. The van der Waals surface area contributed by atoms with Crippen molar-refractivity contribution < 1.29 is 0 Å². The number of rotatable bonds is 2. The van der Waals surface area contributed by atoms with Crippen molar-refractivity contribution in [2.45, 2.75) is 25.7 Å². The molecule has 0 spiro atoms. The molecule has 0 atom stereocenters. The normalized spacial score (nSPS) is 20.1. The van der Waals surface area contributed by atoms with Crippen LogP contribution in [0.5, 0.6) is 0 Å². The summed E-state index contributed by atoms with van der Waals surface area (Å²) in [6.07, 6.45) is 2.44. The number of hydrogen-bond donors (Lipinski definition) is 2. The molecule has 1 aliphatic rings. The van der Waals surface area contributed by atoms with E-state index in [9.17, 15) is 0 Å². The first-order valence-corrected chi connectivity index (χ1v) is 5.32. The number of nitrogens with two attached hydrogens (primary N) is 1. The van der Waals surface area contributed by atoms with Crippen molar-refractivity contribution in [3.8, 4) is 0 Å². The van der Waals surface area contributed by atoms with Crippen LogP contribution in [-0.4, -0.2) is 34.7 Å². The zero-order valence-corrected chi connectivity index (χ0v) is 8.66. The van der Waals surface area contributed by atoms with Gasteiger partial charge in [-0.15, -0.1) is 0 Å². The summed E-state index contributed by atoms with van der Waals surface area (Å²) in [6.45, 7) is 5.77. The summed E-state index contributed by atoms with van der Waals surface area (Å²) in [4.78, 5) is 2.48. The van der Waals surface area contributed by atoms with Crippen LogP contribution in [0.25, 0.3) is 0 Å². The quantitative estimate of drug-likeness (QED) is 0.743. The van der Waals surface area contributed by atoms with Crippen molar-refractivity contribution in [1.29, 1.82) is 0 Å². The topological polar surface area (TPSA) is 57.9 Å². The molecule has 0 radical (unpaired) electrons. The van der Waals surface area contributed by atoms with Crippen LogP contribution < -0.4 is 5.73 Å². The van der Waals surface area contributed by atoms with Gasteiger partial charge in [0.25, 0.3) is 0 Å². The lowest BCUT2D eigenvalue weighted by Gasteiger charge is -2.30. The predicted molar refractivity (Wildman–Crippen MR) is 57.1 cm³/mol. The maximum absolute atomic E-state index is 5.59. The molecule has 0 aliphatic carbocycles. The van der Waals surface area contributed by atoms with Gasteiger partial charge < -0.3 is 10.6 Å². The molecule has 1 aromatic heterocycles. The molecule has 2 heterocycles. The Bertz CT molecular complexity index is 286. The molecule has 4 heteroatoms. The SMILES string of the molecule is CCN1CCC(c2cc(N)n[nH]2)CC1. The number of nitrogens with zero attached hydrogens (tertiary/aromatic N) is 2. The Labute approximate surface area is 84.5 Å². The molecule has 1 aromatic rings. The van der Waals surface area contributed by atoms with Gasteiger partial charge in [-0.3, -0.25) is 5.10 Å². The van der Waals surface area contributed by atoms with Crippen LogP contribution in [0.15, 0.2) is 6.07 Å². The fourth-order valence-corrected chi connectivity index (χ4v) is 2.12. The van der Waals surface area contributed by atoms with Crippen LogP contribution >= 0.6 is 0 Å². The third-order valence-corrected chi connectivity index (χ3v) is 3.09. The van der Waals surface area contributed by atoms with Gasteiger partial charge in [0, 0.05) is 17.7 Å². The molecule has 2 rings (SSSR count). The van der Waals surface area contributed by atoms with Gasteiger partial charge in [-0.05, 0) is 32.5 Å². The highest BCUT2D eigenvalue weighted by Crippen LogP contribution is 2.26. The highest BCUT2D eigenvalue weighted by atomic mass is 15.2. The van der Waals surface area contributed by atoms with E-state index in [1.165, 1.54) is 31.6 Å². The predicted octanol–water partition coefficient (Wildman–Crippen LogP) is 1.19. The van der Waals surface area contributed by atoms with Gasteiger partial charge in [-0.1, -0.05) is 6.92 Å². The number of H-pyrrole nitrogens is 1. The molecular formula is C10H18N4. The van der Waals surface area contributed by atoms with Gasteiger partial charge >= 0.3 is 0 Å². The number of anilines is 1. The number of likely N-dealkylation sites (tertiary alicyclic amines) is 1. The molecule has 1 saturated heterocycles. The smallest absolute Gasteiger partial charge is 0.145 e. The Balaban J connectivity index is 1.95. The molecule has 78 valence electrons. The second kappa shape index (κ2) is 4.00. The van der Waals surface area contributed by atoms with Crippen LogP contribution in [-0.2, 0) is 0 Å². The van der Waals surface area contributed by atoms with Gasteiger partial charge in [0.15, 0.2) is 0 Å². The first kappa shape index (κ1) is 9.52. The lowest BCUT2D eigenvalue weighted by atomic mass is 9.94. The minimum absolute atomic E-state index is 0.609. The van der Waals surface area contributed by atoms with E-state index in [-0.39, 0.29) is 0 Å². The van der Waals surface area contributed by atoms with E-state index < -0.39 is 0 Å². The molecule has 0 unspecified atom stereocenters. The molecule has 1 aliphatic heterocycles. The summed E-state index contributed by atoms with van der Waals surface area (Å²) in [5.41, 5.74) is 6.79. The van der Waals surface area contributed by atoms with Crippen LogP contribution in [0.1, 0.15) is 31.4 Å². The standard InChI is InChI=1S/C10H18N4/c1-2-14-5-3-8(4-6-14)9-7-10(11)13-12-9/h7-8H,2-6H2,1H3,(H3,11,12,13). The van der Waals surface area contributed by atoms with Crippen LogP contribution in [0.3, 0.4) is 0 Å². The van der Waals surface area contributed by atoms with E-state index >= 15 is 0 Å². The number of piperidine rings is 1. The molecule has 4 nitrogen and oxygen atoms in total. The molecule has 14 heavy (non-hydrogen) atoms. The highest BCUT2D eigenvalue weighted by molar-refractivity contribution is 5.30. The first-order chi connectivity index (χ1) is 6.79. The van der Waals surface area contributed by atoms with Crippen molar-refractivity contribution in [2.75, 3.05) is 25.4 Å². The molecular weight excluding hydrogens is 176 g/mol. The average Bonchev–Trinajstić information content (AvgIpc) is 2.65. The third-order valence-electron chi connectivity index (χ3n) is 3.09. The Morgan fingerprint density at radius 3 is 2.79 bits per heavy atom. The summed E-state index contributed by atoms with van der Waals surface area (Å²) in [5, 5.41) is 6.98. The Hall–Kier alpha value is -1.03. The highest BCUT2D eigenvalue weighted by Gasteiger charge is 2.20. The Kier molecular flexibility index (Phi) is 2.72. The molecule has 0 aromatic carbocycles. The third kappa shape index (κ3) is 1.90. The molecule has 0 amide bonds. The number of aromatic nitrogens is 2. The first-order valence-electron chi connectivity index (χ1n) is 5.32. The lowest BCUT2D eigenvalue weighted by Crippen LogP contribution is -2.32. The maximum Gasteiger partial charge on any atom is 0.145 e. The van der Waals surface area contributed by atoms with E-state index in [0.717, 1.165) is 6.54 Å². The molecule has 0 bridgehead atoms. The fraction of sp³-hybridized carbons (Fsp3) is 0.700. The largest absolute Gasteiger partial charge is 0.382 e. The number of nitrogen functional groups attached to an aromatic ring is 1. The molecule has 1 fully saturated rings. The van der Waals surface area contributed by atoms with Gasteiger partial charge in [0.2, 0.25) is 0 Å². The summed E-state index contributed by atoms with van der Waals surface area (Å²) in [5.74, 6) is 1.24.